The van der Waals surface area contributed by atoms with Gasteiger partial charge in [0.1, 0.15) is 0 Å². The molecule has 0 spiro atoms. The lowest BCUT2D eigenvalue weighted by atomic mass is 10.0. The van der Waals surface area contributed by atoms with Crippen LogP contribution in [-0.2, 0) is 14.3 Å². The Morgan fingerprint density at radius 2 is 0.735 bits per heavy atom. The third-order valence-corrected chi connectivity index (χ3v) is 13.6. The summed E-state index contributed by atoms with van der Waals surface area (Å²) in [7, 11) is 0. The second-order valence-electron chi connectivity index (χ2n) is 20.3. The minimum Gasteiger partial charge on any atom is -0.466 e. The van der Waals surface area contributed by atoms with Crippen LogP contribution in [0.2, 0.25) is 0 Å². The number of esters is 1. The lowest BCUT2D eigenvalue weighted by molar-refractivity contribution is -0.143. The zero-order valence-corrected chi connectivity index (χ0v) is 45.3. The summed E-state index contributed by atoms with van der Waals surface area (Å²) in [4.78, 5) is 24.6. The van der Waals surface area contributed by atoms with E-state index in [9.17, 15) is 19.8 Å². The molecule has 0 aliphatic rings. The van der Waals surface area contributed by atoms with Crippen molar-refractivity contribution in [2.45, 2.75) is 321 Å². The molecule has 0 aromatic heterocycles. The molecule has 0 saturated heterocycles. The van der Waals surface area contributed by atoms with Crippen molar-refractivity contribution in [3.63, 3.8) is 0 Å². The number of rotatable bonds is 55. The highest BCUT2D eigenvalue weighted by molar-refractivity contribution is 5.76. The summed E-state index contributed by atoms with van der Waals surface area (Å²) in [6.07, 6.45) is 72.7. The van der Waals surface area contributed by atoms with Gasteiger partial charge in [-0.3, -0.25) is 9.59 Å². The van der Waals surface area contributed by atoms with Crippen molar-refractivity contribution < 1.29 is 24.5 Å². The van der Waals surface area contributed by atoms with Crippen LogP contribution >= 0.6 is 0 Å². The van der Waals surface area contributed by atoms with Gasteiger partial charge in [0.15, 0.2) is 0 Å². The molecule has 0 heterocycles. The summed E-state index contributed by atoms with van der Waals surface area (Å²) >= 11 is 0. The highest BCUT2D eigenvalue weighted by atomic mass is 16.5. The zero-order valence-electron chi connectivity index (χ0n) is 45.3. The van der Waals surface area contributed by atoms with Crippen molar-refractivity contribution in [3.8, 4) is 0 Å². The van der Waals surface area contributed by atoms with Gasteiger partial charge >= 0.3 is 5.97 Å². The Morgan fingerprint density at radius 3 is 1.16 bits per heavy atom. The van der Waals surface area contributed by atoms with E-state index < -0.39 is 12.1 Å². The zero-order chi connectivity index (χ0) is 49.3. The van der Waals surface area contributed by atoms with Gasteiger partial charge in [-0.1, -0.05) is 255 Å². The highest BCUT2D eigenvalue weighted by Gasteiger charge is 2.18. The largest absolute Gasteiger partial charge is 0.466 e. The molecule has 2 unspecified atom stereocenters. The molecule has 0 bridgehead atoms. The normalized spacial score (nSPS) is 12.9. The van der Waals surface area contributed by atoms with Crippen LogP contribution in [0.3, 0.4) is 0 Å². The first-order chi connectivity index (χ1) is 33.5. The summed E-state index contributed by atoms with van der Waals surface area (Å²) in [6.45, 7) is 4.85. The number of hydrogen-bond donors (Lipinski definition) is 3. The fourth-order valence-electron chi connectivity index (χ4n) is 8.95. The molecule has 1 amide bonds. The van der Waals surface area contributed by atoms with Crippen LogP contribution < -0.4 is 5.32 Å². The van der Waals surface area contributed by atoms with Gasteiger partial charge in [0.2, 0.25) is 5.91 Å². The van der Waals surface area contributed by atoms with E-state index in [2.05, 4.69) is 55.6 Å². The van der Waals surface area contributed by atoms with E-state index in [1.54, 1.807) is 6.08 Å². The average Bonchev–Trinajstić information content (AvgIpc) is 3.34. The fourth-order valence-corrected chi connectivity index (χ4v) is 8.95. The average molecular weight is 955 g/mol. The van der Waals surface area contributed by atoms with Crippen LogP contribution in [0.15, 0.2) is 48.6 Å². The van der Waals surface area contributed by atoms with Crippen LogP contribution in [0.4, 0.5) is 0 Å². The number of carbonyl (C=O) groups excluding carboxylic acids is 2. The van der Waals surface area contributed by atoms with Gasteiger partial charge < -0.3 is 20.3 Å². The first-order valence-corrected chi connectivity index (χ1v) is 29.9. The van der Waals surface area contributed by atoms with Gasteiger partial charge in [0.25, 0.3) is 0 Å². The monoisotopic (exact) mass is 954 g/mol. The minimum absolute atomic E-state index is 0.0152. The van der Waals surface area contributed by atoms with Gasteiger partial charge in [0, 0.05) is 12.8 Å². The standard InChI is InChI=1S/C62H115NO5/c1-3-5-7-9-11-13-15-17-19-21-22-24-28-32-36-40-44-48-52-56-62(67)68-57-53-49-45-41-37-33-29-25-27-31-35-39-43-47-51-55-61(66)63-59(58-64)60(65)54-50-46-42-38-34-30-26-23-20-18-16-14-12-10-8-6-4-2/h11,13,17,19,29,33,50,54,59-60,64-65H,3-10,12,14-16,18,20-28,30-32,34-49,51-53,55-58H2,1-2H3,(H,63,66)/b13-11-,19-17-,33-29-,54-50+. The van der Waals surface area contributed by atoms with Gasteiger partial charge in [-0.15, -0.1) is 0 Å². The Bertz CT molecular complexity index is 1150. The van der Waals surface area contributed by atoms with Crippen LogP contribution in [0.1, 0.15) is 309 Å². The van der Waals surface area contributed by atoms with Crippen molar-refractivity contribution in [1.82, 2.24) is 5.32 Å². The lowest BCUT2D eigenvalue weighted by Crippen LogP contribution is -2.45. The molecule has 2 atom stereocenters. The number of unbranched alkanes of at least 4 members (excludes halogenated alkanes) is 38. The molecular weight excluding hydrogens is 839 g/mol. The van der Waals surface area contributed by atoms with E-state index in [0.717, 1.165) is 77.0 Å². The molecule has 0 aromatic carbocycles. The van der Waals surface area contributed by atoms with Crippen molar-refractivity contribution >= 4 is 11.9 Å². The first-order valence-electron chi connectivity index (χ1n) is 29.9. The molecule has 0 rings (SSSR count). The lowest BCUT2D eigenvalue weighted by Gasteiger charge is -2.20. The number of carbonyl (C=O) groups is 2. The summed E-state index contributed by atoms with van der Waals surface area (Å²) in [6, 6.07) is -0.641. The number of aliphatic hydroxyl groups excluding tert-OH is 2. The Balaban J connectivity index is 3.49. The number of aliphatic hydroxyl groups is 2. The van der Waals surface area contributed by atoms with Crippen LogP contribution in [0, 0.1) is 0 Å². The number of amides is 1. The Hall–Kier alpha value is -2.18. The van der Waals surface area contributed by atoms with Crippen LogP contribution in [0.25, 0.3) is 0 Å². The summed E-state index contributed by atoms with van der Waals surface area (Å²) < 4.78 is 5.47. The molecule has 0 aliphatic carbocycles. The molecule has 68 heavy (non-hydrogen) atoms. The third kappa shape index (κ3) is 53.2. The molecule has 6 nitrogen and oxygen atoms in total. The molecule has 0 aliphatic heterocycles. The molecule has 0 fully saturated rings. The number of allylic oxidation sites excluding steroid dienone is 7. The molecular formula is C62H115NO5. The summed E-state index contributed by atoms with van der Waals surface area (Å²) in [5, 5.41) is 23.1. The van der Waals surface area contributed by atoms with Gasteiger partial charge in [-0.05, 0) is 89.9 Å². The number of nitrogens with one attached hydrogen (secondary N) is 1. The Morgan fingerprint density at radius 1 is 0.412 bits per heavy atom. The highest BCUT2D eigenvalue weighted by Crippen LogP contribution is 2.16. The predicted octanol–water partition coefficient (Wildman–Crippen LogP) is 18.6. The van der Waals surface area contributed by atoms with E-state index in [0.29, 0.717) is 19.4 Å². The number of hydrogen-bond acceptors (Lipinski definition) is 5. The maximum absolute atomic E-state index is 12.5. The Kier molecular flexibility index (Phi) is 55.6. The summed E-state index contributed by atoms with van der Waals surface area (Å²) in [5.41, 5.74) is 0. The smallest absolute Gasteiger partial charge is 0.305 e. The van der Waals surface area contributed by atoms with Crippen molar-refractivity contribution in [2.24, 2.45) is 0 Å². The quantitative estimate of drug-likeness (QED) is 0.0321. The molecule has 0 aromatic rings. The predicted molar refractivity (Wildman–Crippen MR) is 296 cm³/mol. The second-order valence-corrected chi connectivity index (χ2v) is 20.3. The SMILES string of the molecule is CCCCC/C=C\C/C=C\CCCCCCCCCCCC(=O)OCCCCCC/C=C\CCCCCCCCCC(=O)NC(CO)C(O)/C=C/CCCCCCCCCCCCCCCCC. The second kappa shape index (κ2) is 57.4. The molecule has 0 saturated carbocycles. The van der Waals surface area contributed by atoms with Crippen LogP contribution in [-0.4, -0.2) is 47.4 Å². The molecule has 0 radical (unpaired) electrons. The van der Waals surface area contributed by atoms with Gasteiger partial charge in [0.05, 0.1) is 25.4 Å². The van der Waals surface area contributed by atoms with E-state index in [1.165, 1.54) is 205 Å². The van der Waals surface area contributed by atoms with Gasteiger partial charge in [-0.25, -0.2) is 0 Å². The number of ether oxygens (including phenoxy) is 1. The first kappa shape index (κ1) is 65.8. The fraction of sp³-hybridized carbons (Fsp3) is 0.839. The molecule has 6 heteroatoms. The van der Waals surface area contributed by atoms with Crippen molar-refractivity contribution in [2.75, 3.05) is 13.2 Å². The molecule has 398 valence electrons. The maximum Gasteiger partial charge on any atom is 0.305 e. The third-order valence-electron chi connectivity index (χ3n) is 13.6. The van der Waals surface area contributed by atoms with Crippen LogP contribution in [0.5, 0.6) is 0 Å². The van der Waals surface area contributed by atoms with E-state index in [1.807, 2.05) is 6.08 Å². The topological polar surface area (TPSA) is 95.9 Å². The minimum atomic E-state index is -0.856. The molecule has 3 N–H and O–H groups in total. The maximum atomic E-state index is 12.5. The van der Waals surface area contributed by atoms with E-state index >= 15 is 0 Å². The van der Waals surface area contributed by atoms with E-state index in [-0.39, 0.29) is 18.5 Å². The van der Waals surface area contributed by atoms with E-state index in [4.69, 9.17) is 4.74 Å². The van der Waals surface area contributed by atoms with Crippen molar-refractivity contribution in [3.05, 3.63) is 48.6 Å². The van der Waals surface area contributed by atoms with Crippen molar-refractivity contribution in [1.29, 1.82) is 0 Å². The summed E-state index contributed by atoms with van der Waals surface area (Å²) in [5.74, 6) is -0.0979. The Labute approximate surface area is 423 Å². The van der Waals surface area contributed by atoms with Gasteiger partial charge in [-0.2, -0.15) is 0 Å².